The van der Waals surface area contributed by atoms with Crippen LogP contribution in [0.15, 0.2) is 41.3 Å². The van der Waals surface area contributed by atoms with Crippen LogP contribution in [-0.4, -0.2) is 26.4 Å². The molecule has 0 saturated heterocycles. The molecule has 1 amide bonds. The van der Waals surface area contributed by atoms with Crippen LogP contribution < -0.4 is 15.8 Å². The highest BCUT2D eigenvalue weighted by Gasteiger charge is 2.26. The number of benzene rings is 2. The molecule has 2 aromatic carbocycles. The van der Waals surface area contributed by atoms with E-state index in [1.165, 1.54) is 13.0 Å². The van der Waals surface area contributed by atoms with Gasteiger partial charge in [0.1, 0.15) is 0 Å². The van der Waals surface area contributed by atoms with Crippen molar-refractivity contribution >= 4 is 44.8 Å². The van der Waals surface area contributed by atoms with Crippen molar-refractivity contribution in [2.24, 2.45) is 5.73 Å². The van der Waals surface area contributed by atoms with Gasteiger partial charge in [0, 0.05) is 35.5 Å². The highest BCUT2D eigenvalue weighted by atomic mass is 35.5. The van der Waals surface area contributed by atoms with Crippen LogP contribution in [0.5, 0.6) is 0 Å². The fourth-order valence-corrected chi connectivity index (χ4v) is 3.90. The van der Waals surface area contributed by atoms with Crippen molar-refractivity contribution in [1.29, 1.82) is 0 Å². The number of nitrogens with two attached hydrogens (primary N) is 1. The van der Waals surface area contributed by atoms with Crippen LogP contribution in [0.4, 0.5) is 5.69 Å². The zero-order chi connectivity index (χ0) is 17.3. The van der Waals surface area contributed by atoms with E-state index in [0.29, 0.717) is 16.5 Å². The Kier molecular flexibility index (Phi) is 6.35. The molecule has 2 aromatic rings. The first-order valence-electron chi connectivity index (χ1n) is 7.20. The van der Waals surface area contributed by atoms with Crippen molar-refractivity contribution in [1.82, 2.24) is 4.72 Å². The van der Waals surface area contributed by atoms with Crippen LogP contribution in [0.25, 0.3) is 10.8 Å². The first-order valence-corrected chi connectivity index (χ1v) is 8.68. The van der Waals surface area contributed by atoms with E-state index < -0.39 is 15.6 Å². The molecular formula is C16H22ClN3O3S. The van der Waals surface area contributed by atoms with Gasteiger partial charge in [-0.3, -0.25) is 4.79 Å². The zero-order valence-corrected chi connectivity index (χ0v) is 15.4. The number of amides is 1. The molecule has 0 aromatic heterocycles. The zero-order valence-electron chi connectivity index (χ0n) is 13.8. The van der Waals surface area contributed by atoms with E-state index in [4.69, 9.17) is 5.73 Å². The standard InChI is InChI=1S/C16H21N3O3S.ClH/c1-11(20)18-14-8-9-15(13-7-5-4-6-12(13)14)23(21,22)19-16(2,3)10-17;/h4-9,19H,10,17H2,1-3H3,(H,18,20);1H. The van der Waals surface area contributed by atoms with E-state index in [9.17, 15) is 13.2 Å². The van der Waals surface area contributed by atoms with Gasteiger partial charge in [-0.25, -0.2) is 13.1 Å². The van der Waals surface area contributed by atoms with Crippen molar-refractivity contribution < 1.29 is 13.2 Å². The second-order valence-electron chi connectivity index (χ2n) is 6.03. The van der Waals surface area contributed by atoms with E-state index in [0.717, 1.165) is 0 Å². The summed E-state index contributed by atoms with van der Waals surface area (Å²) in [5, 5.41) is 3.92. The molecule has 6 nitrogen and oxygen atoms in total. The quantitative estimate of drug-likeness (QED) is 0.750. The molecule has 0 spiro atoms. The Morgan fingerprint density at radius 1 is 1.12 bits per heavy atom. The van der Waals surface area contributed by atoms with Gasteiger partial charge in [-0.05, 0) is 26.0 Å². The van der Waals surface area contributed by atoms with Gasteiger partial charge in [0.15, 0.2) is 0 Å². The number of anilines is 1. The minimum absolute atomic E-state index is 0. The van der Waals surface area contributed by atoms with E-state index in [2.05, 4.69) is 10.0 Å². The third kappa shape index (κ3) is 4.45. The number of hydrogen-bond acceptors (Lipinski definition) is 4. The highest BCUT2D eigenvalue weighted by Crippen LogP contribution is 2.30. The molecule has 0 unspecified atom stereocenters. The number of carbonyl (C=O) groups excluding carboxylic acids is 1. The van der Waals surface area contributed by atoms with Crippen LogP contribution in [0, 0.1) is 0 Å². The summed E-state index contributed by atoms with van der Waals surface area (Å²) in [6, 6.07) is 10.1. The fraction of sp³-hybridized carbons (Fsp3) is 0.312. The average molecular weight is 372 g/mol. The van der Waals surface area contributed by atoms with Gasteiger partial charge < -0.3 is 11.1 Å². The predicted molar refractivity (Wildman–Crippen MR) is 99.0 cm³/mol. The largest absolute Gasteiger partial charge is 0.329 e. The van der Waals surface area contributed by atoms with Crippen molar-refractivity contribution in [3.05, 3.63) is 36.4 Å². The summed E-state index contributed by atoms with van der Waals surface area (Å²) in [5.74, 6) is -0.215. The van der Waals surface area contributed by atoms with Gasteiger partial charge in [0.05, 0.1) is 4.90 Å². The molecule has 8 heteroatoms. The fourth-order valence-electron chi connectivity index (χ4n) is 2.26. The van der Waals surface area contributed by atoms with Gasteiger partial charge >= 0.3 is 0 Å². The third-order valence-electron chi connectivity index (χ3n) is 3.41. The summed E-state index contributed by atoms with van der Waals surface area (Å²) < 4.78 is 28.0. The number of halogens is 1. The van der Waals surface area contributed by atoms with E-state index in [-0.39, 0.29) is 29.8 Å². The summed E-state index contributed by atoms with van der Waals surface area (Å²) in [4.78, 5) is 11.5. The maximum atomic E-state index is 12.7. The van der Waals surface area contributed by atoms with Crippen LogP contribution in [0.2, 0.25) is 0 Å². The molecule has 4 N–H and O–H groups in total. The first-order chi connectivity index (χ1) is 10.7. The normalized spacial score (nSPS) is 11.8. The van der Waals surface area contributed by atoms with Gasteiger partial charge in [-0.2, -0.15) is 0 Å². The number of rotatable bonds is 5. The lowest BCUT2D eigenvalue weighted by Crippen LogP contribution is -2.48. The molecule has 24 heavy (non-hydrogen) atoms. The van der Waals surface area contributed by atoms with Crippen LogP contribution in [0.3, 0.4) is 0 Å². The molecule has 0 fully saturated rings. The molecule has 0 radical (unpaired) electrons. The molecule has 132 valence electrons. The number of hydrogen-bond donors (Lipinski definition) is 3. The van der Waals surface area contributed by atoms with Crippen molar-refractivity contribution in [2.75, 3.05) is 11.9 Å². The van der Waals surface area contributed by atoms with E-state index in [1.807, 2.05) is 0 Å². The molecule has 0 aliphatic rings. The van der Waals surface area contributed by atoms with Crippen molar-refractivity contribution in [2.45, 2.75) is 31.2 Å². The van der Waals surface area contributed by atoms with E-state index in [1.54, 1.807) is 44.2 Å². The summed E-state index contributed by atoms with van der Waals surface area (Å²) >= 11 is 0. The predicted octanol–water partition coefficient (Wildman–Crippen LogP) is 2.24. The van der Waals surface area contributed by atoms with Gasteiger partial charge in [0.2, 0.25) is 15.9 Å². The Bertz CT molecular complexity index is 851. The lowest BCUT2D eigenvalue weighted by Gasteiger charge is -2.24. The number of fused-ring (bicyclic) bond motifs is 1. The van der Waals surface area contributed by atoms with Gasteiger partial charge in [-0.15, -0.1) is 12.4 Å². The van der Waals surface area contributed by atoms with Gasteiger partial charge in [0.25, 0.3) is 0 Å². The smallest absolute Gasteiger partial charge is 0.241 e. The monoisotopic (exact) mass is 371 g/mol. The molecule has 2 rings (SSSR count). The molecule has 0 atom stereocenters. The van der Waals surface area contributed by atoms with E-state index >= 15 is 0 Å². The lowest BCUT2D eigenvalue weighted by molar-refractivity contribution is -0.114. The molecule has 0 aliphatic heterocycles. The minimum Gasteiger partial charge on any atom is -0.329 e. The SMILES string of the molecule is CC(=O)Nc1ccc(S(=O)(=O)NC(C)(C)CN)c2ccccc12.Cl. The number of sulfonamides is 1. The average Bonchev–Trinajstić information content (AvgIpc) is 2.45. The second-order valence-corrected chi connectivity index (χ2v) is 7.68. The summed E-state index contributed by atoms with van der Waals surface area (Å²) in [6.07, 6.45) is 0. The first kappa shape index (κ1) is 20.4. The Balaban J connectivity index is 0.00000288. The third-order valence-corrected chi connectivity index (χ3v) is 5.16. The summed E-state index contributed by atoms with van der Waals surface area (Å²) in [6.45, 7) is 5.02. The van der Waals surface area contributed by atoms with Crippen LogP contribution in [-0.2, 0) is 14.8 Å². The summed E-state index contributed by atoms with van der Waals surface area (Å²) in [5.41, 5.74) is 5.43. The maximum Gasteiger partial charge on any atom is 0.241 e. The topological polar surface area (TPSA) is 101 Å². The Labute approximate surface area is 148 Å². The Morgan fingerprint density at radius 2 is 1.71 bits per heavy atom. The molecule has 0 saturated carbocycles. The Hall–Kier alpha value is -1.67. The number of nitrogens with one attached hydrogen (secondary N) is 2. The lowest BCUT2D eigenvalue weighted by atomic mass is 10.1. The Morgan fingerprint density at radius 3 is 2.25 bits per heavy atom. The number of carbonyl (C=O) groups is 1. The highest BCUT2D eigenvalue weighted by molar-refractivity contribution is 7.89. The van der Waals surface area contributed by atoms with Gasteiger partial charge in [-0.1, -0.05) is 24.3 Å². The van der Waals surface area contributed by atoms with Crippen LogP contribution in [0.1, 0.15) is 20.8 Å². The van der Waals surface area contributed by atoms with Crippen molar-refractivity contribution in [3.63, 3.8) is 0 Å². The molecular weight excluding hydrogens is 350 g/mol. The van der Waals surface area contributed by atoms with Crippen LogP contribution >= 0.6 is 12.4 Å². The van der Waals surface area contributed by atoms with Crippen molar-refractivity contribution in [3.8, 4) is 0 Å². The molecule has 0 aliphatic carbocycles. The maximum absolute atomic E-state index is 12.7. The second kappa shape index (κ2) is 7.48. The molecule has 0 bridgehead atoms. The molecule has 0 heterocycles. The minimum atomic E-state index is -3.74. The summed E-state index contributed by atoms with van der Waals surface area (Å²) in [7, 11) is -3.74.